The zero-order valence-corrected chi connectivity index (χ0v) is 18.6. The van der Waals surface area contributed by atoms with Crippen LogP contribution < -0.4 is 16.5 Å². The number of nitrogens with two attached hydrogens (primary N) is 1. The lowest BCUT2D eigenvalue weighted by Gasteiger charge is -2.14. The maximum atomic E-state index is 14.4. The molecule has 0 radical (unpaired) electrons. The summed E-state index contributed by atoms with van der Waals surface area (Å²) in [4.78, 5) is 20.0. The lowest BCUT2D eigenvalue weighted by atomic mass is 10.1. The summed E-state index contributed by atoms with van der Waals surface area (Å²) in [5.41, 5.74) is 6.44. The first-order valence-corrected chi connectivity index (χ1v) is 10.5. The topological polar surface area (TPSA) is 129 Å². The summed E-state index contributed by atoms with van der Waals surface area (Å²) in [6.07, 6.45) is 0.853. The number of alkyl halides is 2. The second kappa shape index (κ2) is 10.9. The van der Waals surface area contributed by atoms with E-state index >= 15 is 0 Å². The summed E-state index contributed by atoms with van der Waals surface area (Å²) in [6.45, 7) is -0.609. The van der Waals surface area contributed by atoms with E-state index in [2.05, 4.69) is 15.3 Å². The maximum Gasteiger partial charge on any atom is 0.308 e. The van der Waals surface area contributed by atoms with Gasteiger partial charge in [-0.05, 0) is 47.5 Å². The lowest BCUT2D eigenvalue weighted by molar-refractivity contribution is -0.120. The molecule has 1 amide bonds. The lowest BCUT2D eigenvalue weighted by Crippen LogP contribution is -2.31. The molecule has 11 heteroatoms. The van der Waals surface area contributed by atoms with Crippen LogP contribution in [0.15, 0.2) is 59.7 Å². The summed E-state index contributed by atoms with van der Waals surface area (Å²) >= 11 is 6.00. The number of nitriles is 1. The SMILES string of the molecule is N#Cc1ccc(=NCC(F)(F)c2ccccn2)n(O)c1CC(=O)NCc1cc(Cl)ccc1CN. The number of nitrogens with zero attached hydrogens (tertiary/aromatic N) is 4. The van der Waals surface area contributed by atoms with Crippen LogP contribution >= 0.6 is 11.6 Å². The quantitative estimate of drug-likeness (QED) is 0.421. The van der Waals surface area contributed by atoms with Gasteiger partial charge in [-0.2, -0.15) is 18.8 Å². The zero-order valence-electron chi connectivity index (χ0n) is 17.9. The molecule has 8 nitrogen and oxygen atoms in total. The summed E-state index contributed by atoms with van der Waals surface area (Å²) in [7, 11) is 0. The minimum absolute atomic E-state index is 0.00140. The monoisotopic (exact) mass is 486 g/mol. The highest BCUT2D eigenvalue weighted by molar-refractivity contribution is 6.30. The first-order valence-electron chi connectivity index (χ1n) is 10.1. The van der Waals surface area contributed by atoms with Gasteiger partial charge in [0, 0.05) is 24.3 Å². The minimum atomic E-state index is -3.38. The average Bonchev–Trinajstić information content (AvgIpc) is 2.84. The number of carbonyl (C=O) groups excluding carboxylic acids is 1. The van der Waals surface area contributed by atoms with Crippen molar-refractivity contribution >= 4 is 17.5 Å². The van der Waals surface area contributed by atoms with Gasteiger partial charge in [-0.25, -0.2) is 0 Å². The van der Waals surface area contributed by atoms with Crippen LogP contribution in [0.3, 0.4) is 0 Å². The summed E-state index contributed by atoms with van der Waals surface area (Å²) in [5, 5.41) is 23.0. The van der Waals surface area contributed by atoms with E-state index in [1.165, 1.54) is 36.5 Å². The first-order chi connectivity index (χ1) is 16.2. The molecule has 176 valence electrons. The van der Waals surface area contributed by atoms with Gasteiger partial charge in [-0.3, -0.25) is 14.8 Å². The second-order valence-corrected chi connectivity index (χ2v) is 7.72. The van der Waals surface area contributed by atoms with Crippen LogP contribution in [0, 0.1) is 11.3 Å². The van der Waals surface area contributed by atoms with Gasteiger partial charge in [0.25, 0.3) is 0 Å². The molecule has 2 heterocycles. The van der Waals surface area contributed by atoms with Crippen molar-refractivity contribution in [2.75, 3.05) is 6.54 Å². The fourth-order valence-electron chi connectivity index (χ4n) is 3.18. The predicted octanol–water partition coefficient (Wildman–Crippen LogP) is 2.66. The van der Waals surface area contributed by atoms with Gasteiger partial charge in [0.05, 0.1) is 17.7 Å². The number of hydrogen-bond acceptors (Lipinski definition) is 6. The molecular weight excluding hydrogens is 466 g/mol. The number of amides is 1. The molecular formula is C23H21ClF2N6O2. The van der Waals surface area contributed by atoms with Crippen molar-refractivity contribution < 1.29 is 18.8 Å². The van der Waals surface area contributed by atoms with Gasteiger partial charge < -0.3 is 16.3 Å². The molecule has 3 aromatic rings. The molecule has 34 heavy (non-hydrogen) atoms. The molecule has 0 aliphatic heterocycles. The molecule has 0 unspecified atom stereocenters. The normalized spacial score (nSPS) is 11.8. The smallest absolute Gasteiger partial charge is 0.308 e. The van der Waals surface area contributed by atoms with Crippen molar-refractivity contribution in [1.82, 2.24) is 15.0 Å². The highest BCUT2D eigenvalue weighted by Crippen LogP contribution is 2.25. The minimum Gasteiger partial charge on any atom is -0.427 e. The van der Waals surface area contributed by atoms with E-state index in [1.807, 2.05) is 6.07 Å². The van der Waals surface area contributed by atoms with E-state index < -0.39 is 30.5 Å². The Hall–Kier alpha value is -3.81. The van der Waals surface area contributed by atoms with Crippen LogP contribution in [-0.4, -0.2) is 27.4 Å². The number of benzene rings is 1. The van der Waals surface area contributed by atoms with E-state index in [0.717, 1.165) is 11.1 Å². The molecule has 0 fully saturated rings. The van der Waals surface area contributed by atoms with E-state index in [-0.39, 0.29) is 29.8 Å². The van der Waals surface area contributed by atoms with Gasteiger partial charge in [-0.15, -0.1) is 0 Å². The Kier molecular flexibility index (Phi) is 7.94. The third-order valence-electron chi connectivity index (χ3n) is 4.97. The first kappa shape index (κ1) is 24.8. The van der Waals surface area contributed by atoms with Crippen LogP contribution in [0.25, 0.3) is 0 Å². The Labute approximate surface area is 198 Å². The number of aromatic nitrogens is 2. The van der Waals surface area contributed by atoms with Crippen LogP contribution in [0.2, 0.25) is 5.02 Å². The van der Waals surface area contributed by atoms with Gasteiger partial charge >= 0.3 is 5.92 Å². The van der Waals surface area contributed by atoms with E-state index in [4.69, 9.17) is 17.3 Å². The molecule has 1 aromatic carbocycles. The number of carbonyl (C=O) groups is 1. The largest absolute Gasteiger partial charge is 0.427 e. The van der Waals surface area contributed by atoms with Crippen molar-refractivity contribution in [2.45, 2.75) is 25.4 Å². The van der Waals surface area contributed by atoms with Crippen LogP contribution in [0.1, 0.15) is 28.1 Å². The van der Waals surface area contributed by atoms with Gasteiger partial charge in [0.15, 0.2) is 5.49 Å². The standard InChI is InChI=1S/C23H21ClF2N6O2/c24-18-6-4-15(11-27)17(9-18)13-30-22(33)10-19-16(12-28)5-7-21(32(19)34)31-14-23(25,26)20-3-1-2-8-29-20/h1-9,34H,10-11,13-14,27H2,(H,30,33). The maximum absolute atomic E-state index is 14.4. The Morgan fingerprint density at radius 3 is 2.74 bits per heavy atom. The molecule has 0 aliphatic rings. The zero-order chi connectivity index (χ0) is 24.7. The van der Waals surface area contributed by atoms with Crippen molar-refractivity contribution in [1.29, 1.82) is 5.26 Å². The fourth-order valence-corrected chi connectivity index (χ4v) is 3.37. The highest BCUT2D eigenvalue weighted by atomic mass is 35.5. The molecule has 0 aliphatic carbocycles. The molecule has 3 rings (SSSR count). The number of pyridine rings is 2. The molecule has 0 spiro atoms. The number of nitrogens with one attached hydrogen (secondary N) is 1. The van der Waals surface area contributed by atoms with Crippen LogP contribution in [0.4, 0.5) is 8.78 Å². The molecule has 4 N–H and O–H groups in total. The third-order valence-corrected chi connectivity index (χ3v) is 5.21. The van der Waals surface area contributed by atoms with Crippen molar-refractivity contribution in [3.8, 4) is 6.07 Å². The van der Waals surface area contributed by atoms with Crippen molar-refractivity contribution in [2.24, 2.45) is 10.7 Å². The molecule has 0 atom stereocenters. The number of hydrogen-bond donors (Lipinski definition) is 3. The van der Waals surface area contributed by atoms with Gasteiger partial charge in [0.1, 0.15) is 18.3 Å². The predicted molar refractivity (Wildman–Crippen MR) is 120 cm³/mol. The Morgan fingerprint density at radius 1 is 1.26 bits per heavy atom. The van der Waals surface area contributed by atoms with E-state index in [9.17, 15) is 24.0 Å². The summed E-state index contributed by atoms with van der Waals surface area (Å²) < 4.78 is 29.3. The summed E-state index contributed by atoms with van der Waals surface area (Å²) in [5.74, 6) is -3.89. The average molecular weight is 487 g/mol. The third kappa shape index (κ3) is 5.95. The summed E-state index contributed by atoms with van der Waals surface area (Å²) in [6, 6.07) is 13.6. The molecule has 2 aromatic heterocycles. The van der Waals surface area contributed by atoms with Crippen molar-refractivity contribution in [3.05, 3.63) is 93.3 Å². The Bertz CT molecular complexity index is 1290. The van der Waals surface area contributed by atoms with E-state index in [0.29, 0.717) is 9.75 Å². The van der Waals surface area contributed by atoms with Gasteiger partial charge in [-0.1, -0.05) is 23.7 Å². The van der Waals surface area contributed by atoms with Crippen molar-refractivity contribution in [3.63, 3.8) is 0 Å². The van der Waals surface area contributed by atoms with Crippen LogP contribution in [-0.2, 0) is 30.2 Å². The second-order valence-electron chi connectivity index (χ2n) is 7.28. The fraction of sp³-hybridized carbons (Fsp3) is 0.217. The van der Waals surface area contributed by atoms with E-state index in [1.54, 1.807) is 18.2 Å². The Morgan fingerprint density at radius 2 is 2.06 bits per heavy atom. The molecule has 0 saturated heterocycles. The molecule has 0 bridgehead atoms. The number of rotatable bonds is 8. The van der Waals surface area contributed by atoms with Gasteiger partial charge in [0.2, 0.25) is 5.91 Å². The highest BCUT2D eigenvalue weighted by Gasteiger charge is 2.32. The molecule has 0 saturated carbocycles. The Balaban J connectivity index is 1.80. The van der Waals surface area contributed by atoms with Crippen LogP contribution in [0.5, 0.6) is 0 Å². The number of halogens is 3.